The van der Waals surface area contributed by atoms with Gasteiger partial charge in [0.2, 0.25) is 6.10 Å². The summed E-state index contributed by atoms with van der Waals surface area (Å²) in [7, 11) is 0. The van der Waals surface area contributed by atoms with E-state index < -0.39 is 58.5 Å². The molecule has 2 aliphatic rings. The highest BCUT2D eigenvalue weighted by Crippen LogP contribution is 2.41. The number of carboxylic acid groups (broad SMARTS) is 2. The molecule has 11 N–H and O–H groups in total. The van der Waals surface area contributed by atoms with Crippen LogP contribution in [0.3, 0.4) is 0 Å². The van der Waals surface area contributed by atoms with E-state index in [0.29, 0.717) is 5.57 Å². The van der Waals surface area contributed by atoms with E-state index in [0.717, 1.165) is 40.1 Å². The Balaban J connectivity index is 1.35. The van der Waals surface area contributed by atoms with Gasteiger partial charge in [-0.1, -0.05) is 23.0 Å². The zero-order valence-electron chi connectivity index (χ0n) is 23.1. The zero-order chi connectivity index (χ0) is 33.3. The summed E-state index contributed by atoms with van der Waals surface area (Å²) in [5.41, 5.74) is 16.6. The van der Waals surface area contributed by atoms with E-state index >= 15 is 0 Å². The fourth-order valence-corrected chi connectivity index (χ4v) is 7.25. The number of aromatic nitrogens is 3. The highest BCUT2D eigenvalue weighted by molar-refractivity contribution is 8.01. The predicted molar refractivity (Wildman–Crippen MR) is 166 cm³/mol. The number of phenols is 2. The van der Waals surface area contributed by atoms with Gasteiger partial charge < -0.3 is 47.8 Å². The quantitative estimate of drug-likeness (QED) is 0.0332. The molecular formula is C25H23N9O9S3. The molecule has 2 aliphatic heterocycles. The smallest absolute Gasteiger partial charge is 0.352 e. The average Bonchev–Trinajstić information content (AvgIpc) is 3.42. The number of β-lactam (4-membered cyclic amide) rings is 1. The number of nitrogens with zero attached hydrogens (tertiary/aromatic N) is 5. The Morgan fingerprint density at radius 2 is 1.83 bits per heavy atom. The standard InChI is InChI=1S/C25H23N9O9S3/c26-13-4-14(27)31-25(30-13)46-6-9-5-44-21-16(20(38)34(21)17(9)22(39)40)32-19(37)15(10-7-45-24(28)29-10)33-43-18(23(41)42)8-1-2-11(35)12(36)3-8/h1-4,7,16,18,21,35-36H,5-6H2,(H2,28,29)(H,32,37)(H,39,40)(H,41,42)(H4,26,27,30,31)/b33-15-/t16?,18-,21-/m1/s1. The maximum atomic E-state index is 13.4. The molecule has 0 spiro atoms. The molecule has 0 saturated carbocycles. The Hall–Kier alpha value is -5.28. The second-order valence-electron chi connectivity index (χ2n) is 9.49. The number of aliphatic carboxylic acids is 2. The van der Waals surface area contributed by atoms with Gasteiger partial charge in [0, 0.05) is 28.5 Å². The number of amides is 2. The number of nitrogen functional groups attached to an aromatic ring is 3. The van der Waals surface area contributed by atoms with Gasteiger partial charge in [0.1, 0.15) is 34.4 Å². The normalized spacial score (nSPS) is 18.4. The van der Waals surface area contributed by atoms with Crippen LogP contribution in [0.4, 0.5) is 16.8 Å². The van der Waals surface area contributed by atoms with Gasteiger partial charge in [-0.15, -0.1) is 23.1 Å². The van der Waals surface area contributed by atoms with Crippen molar-refractivity contribution in [2.24, 2.45) is 5.16 Å². The predicted octanol–water partition coefficient (Wildman–Crippen LogP) is 0.168. The van der Waals surface area contributed by atoms with E-state index in [1.165, 1.54) is 29.3 Å². The number of carbonyl (C=O) groups is 4. The molecule has 1 fully saturated rings. The number of benzene rings is 1. The third-order valence-corrected chi connectivity index (χ3v) is 9.36. The number of thioether (sulfide) groups is 2. The van der Waals surface area contributed by atoms with Crippen LogP contribution in [0.25, 0.3) is 0 Å². The number of hydrogen-bond acceptors (Lipinski definition) is 17. The van der Waals surface area contributed by atoms with Crippen LogP contribution in [-0.4, -0.2) is 92.7 Å². The summed E-state index contributed by atoms with van der Waals surface area (Å²) in [5, 5.41) is 46.1. The molecule has 21 heteroatoms. The van der Waals surface area contributed by atoms with Crippen molar-refractivity contribution in [2.45, 2.75) is 22.7 Å². The third kappa shape index (κ3) is 6.55. The molecule has 5 rings (SSSR count). The summed E-state index contributed by atoms with van der Waals surface area (Å²) >= 11 is 3.26. The lowest BCUT2D eigenvalue weighted by Crippen LogP contribution is -2.71. The lowest BCUT2D eigenvalue weighted by atomic mass is 10.0. The molecule has 18 nitrogen and oxygen atoms in total. The lowest BCUT2D eigenvalue weighted by molar-refractivity contribution is -0.151. The van der Waals surface area contributed by atoms with Crippen molar-refractivity contribution in [1.82, 2.24) is 25.2 Å². The molecule has 4 heterocycles. The van der Waals surface area contributed by atoms with Gasteiger partial charge in [-0.05, 0) is 17.7 Å². The van der Waals surface area contributed by atoms with Crippen LogP contribution < -0.4 is 22.5 Å². The van der Waals surface area contributed by atoms with Crippen molar-refractivity contribution < 1.29 is 44.4 Å². The second kappa shape index (κ2) is 13.0. The van der Waals surface area contributed by atoms with Gasteiger partial charge >= 0.3 is 11.9 Å². The molecule has 1 unspecified atom stereocenters. The van der Waals surface area contributed by atoms with Gasteiger partial charge in [-0.25, -0.2) is 24.5 Å². The van der Waals surface area contributed by atoms with Crippen LogP contribution in [-0.2, 0) is 24.0 Å². The minimum Gasteiger partial charge on any atom is -0.504 e. The highest BCUT2D eigenvalue weighted by atomic mass is 32.2. The molecule has 0 aliphatic carbocycles. The lowest BCUT2D eigenvalue weighted by Gasteiger charge is -2.49. The topological polar surface area (TPSA) is 303 Å². The van der Waals surface area contributed by atoms with Crippen molar-refractivity contribution in [3.8, 4) is 11.5 Å². The largest absolute Gasteiger partial charge is 0.504 e. The van der Waals surface area contributed by atoms with E-state index in [2.05, 4.69) is 25.4 Å². The number of oxime groups is 1. The molecule has 2 amide bonds. The third-order valence-electron chi connectivity index (χ3n) is 6.41. The fourth-order valence-electron chi connectivity index (χ4n) is 4.34. The number of carboxylic acids is 2. The molecule has 3 aromatic rings. The SMILES string of the molecule is Nc1cc(N)nc(SCC2=C(C(=O)O)N3C(=O)C(NC(=O)/C(=N\O[C@@H](C(=O)O)c4ccc(O)c(O)c4)c4csc(N)n4)[C@H]3SC2)n1. The van der Waals surface area contributed by atoms with Crippen LogP contribution in [0.1, 0.15) is 17.4 Å². The van der Waals surface area contributed by atoms with Gasteiger partial charge in [-0.2, -0.15) is 0 Å². The average molecular weight is 690 g/mol. The Morgan fingerprint density at radius 3 is 2.43 bits per heavy atom. The number of thiazole rings is 1. The van der Waals surface area contributed by atoms with Gasteiger partial charge in [0.15, 0.2) is 27.5 Å². The molecule has 1 saturated heterocycles. The number of nitrogens with two attached hydrogens (primary N) is 3. The van der Waals surface area contributed by atoms with E-state index in [1.807, 2.05) is 0 Å². The Morgan fingerprint density at radius 1 is 1.11 bits per heavy atom. The van der Waals surface area contributed by atoms with Crippen LogP contribution in [0.15, 0.2) is 51.2 Å². The minimum absolute atomic E-state index is 0.0513. The van der Waals surface area contributed by atoms with Gasteiger partial charge in [0.05, 0.1) is 0 Å². The number of aromatic hydroxyl groups is 2. The van der Waals surface area contributed by atoms with Crippen LogP contribution in [0, 0.1) is 0 Å². The number of nitrogens with one attached hydrogen (secondary N) is 1. The zero-order valence-corrected chi connectivity index (χ0v) is 25.5. The first-order chi connectivity index (χ1) is 21.8. The molecule has 240 valence electrons. The summed E-state index contributed by atoms with van der Waals surface area (Å²) < 4.78 is 0. The second-order valence-corrected chi connectivity index (χ2v) is 12.4. The fraction of sp³-hybridized carbons (Fsp3) is 0.200. The monoisotopic (exact) mass is 689 g/mol. The molecule has 1 aromatic carbocycles. The number of hydrogen-bond donors (Lipinski definition) is 8. The summed E-state index contributed by atoms with van der Waals surface area (Å²) in [6.45, 7) is 0. The van der Waals surface area contributed by atoms with Gasteiger partial charge in [0.25, 0.3) is 11.8 Å². The molecular weight excluding hydrogens is 667 g/mol. The first kappa shape index (κ1) is 32.1. The molecule has 46 heavy (non-hydrogen) atoms. The highest BCUT2D eigenvalue weighted by Gasteiger charge is 2.54. The van der Waals surface area contributed by atoms with Crippen molar-refractivity contribution in [3.63, 3.8) is 0 Å². The molecule has 2 aromatic heterocycles. The number of carbonyl (C=O) groups excluding carboxylic acids is 2. The summed E-state index contributed by atoms with van der Waals surface area (Å²) in [4.78, 5) is 69.2. The maximum Gasteiger partial charge on any atom is 0.352 e. The summed E-state index contributed by atoms with van der Waals surface area (Å²) in [6.07, 6.45) is -1.83. The molecule has 0 radical (unpaired) electrons. The van der Waals surface area contributed by atoms with Crippen molar-refractivity contribution in [1.29, 1.82) is 0 Å². The van der Waals surface area contributed by atoms with E-state index in [1.54, 1.807) is 0 Å². The summed E-state index contributed by atoms with van der Waals surface area (Å²) in [6, 6.07) is 3.36. The first-order valence-electron chi connectivity index (χ1n) is 12.8. The number of anilines is 3. The van der Waals surface area contributed by atoms with Crippen molar-refractivity contribution >= 4 is 81.1 Å². The molecule has 3 atom stereocenters. The Kier molecular flexibility index (Phi) is 9.07. The maximum absolute atomic E-state index is 13.4. The number of fused-ring (bicyclic) bond motifs is 1. The first-order valence-corrected chi connectivity index (χ1v) is 15.7. The summed E-state index contributed by atoms with van der Waals surface area (Å²) in [5.74, 6) is -5.10. The van der Waals surface area contributed by atoms with E-state index in [9.17, 15) is 39.6 Å². The molecule has 0 bridgehead atoms. The van der Waals surface area contributed by atoms with Crippen LogP contribution >= 0.6 is 34.9 Å². The minimum atomic E-state index is -1.83. The van der Waals surface area contributed by atoms with E-state index in [-0.39, 0.29) is 50.4 Å². The van der Waals surface area contributed by atoms with Crippen LogP contribution in [0.2, 0.25) is 0 Å². The van der Waals surface area contributed by atoms with Crippen molar-refractivity contribution in [2.75, 3.05) is 28.7 Å². The number of rotatable bonds is 11. The number of phenolic OH excluding ortho intramolecular Hbond substituents is 2. The van der Waals surface area contributed by atoms with Gasteiger partial charge in [-0.3, -0.25) is 14.5 Å². The Labute approximate surface area is 270 Å². The Bertz CT molecular complexity index is 1800. The van der Waals surface area contributed by atoms with Crippen molar-refractivity contribution in [3.05, 3.63) is 52.2 Å². The van der Waals surface area contributed by atoms with E-state index in [4.69, 9.17) is 22.0 Å². The van der Waals surface area contributed by atoms with Crippen LogP contribution in [0.5, 0.6) is 11.5 Å².